The predicted molar refractivity (Wildman–Crippen MR) is 81.0 cm³/mol. The van der Waals surface area contributed by atoms with Gasteiger partial charge in [-0.1, -0.05) is 24.3 Å². The normalized spacial score (nSPS) is 15.1. The summed E-state index contributed by atoms with van der Waals surface area (Å²) < 4.78 is 10.4. The number of hydrogen-bond donors (Lipinski definition) is 1. The molecule has 0 amide bonds. The highest BCUT2D eigenvalue weighted by Gasteiger charge is 2.25. The zero-order valence-corrected chi connectivity index (χ0v) is 12.9. The Morgan fingerprint density at radius 2 is 2.21 bits per heavy atom. The molecule has 0 aliphatic heterocycles. The van der Waals surface area contributed by atoms with E-state index in [2.05, 4.69) is 11.7 Å². The van der Waals surface area contributed by atoms with Crippen molar-refractivity contribution in [2.45, 2.75) is 13.0 Å². The molecule has 0 heterocycles. The Balaban J connectivity index is 2.69. The number of carbonyl (C=O) groups excluding carboxylic acids is 1. The van der Waals surface area contributed by atoms with Crippen LogP contribution in [0.4, 0.5) is 0 Å². The van der Waals surface area contributed by atoms with Crippen LogP contribution in [0.15, 0.2) is 43.0 Å². The van der Waals surface area contributed by atoms with Gasteiger partial charge < -0.3 is 9.26 Å². The van der Waals surface area contributed by atoms with Crippen LogP contribution >= 0.6 is 17.0 Å². The molecule has 0 spiro atoms. The highest BCUT2D eigenvalue weighted by molar-refractivity contribution is 8.23. The number of esters is 1. The fourth-order valence-corrected chi connectivity index (χ4v) is 3.39. The minimum Gasteiger partial charge on any atom is -0.465 e. The largest absolute Gasteiger partial charge is 0.465 e. The third kappa shape index (κ3) is 5.74. The lowest BCUT2D eigenvalue weighted by Gasteiger charge is -2.21. The lowest BCUT2D eigenvalue weighted by atomic mass is 10.3. The Hall–Kier alpha value is -0.870. The number of hydrogen-bond acceptors (Lipinski definition) is 4. The van der Waals surface area contributed by atoms with Crippen molar-refractivity contribution in [3.05, 3.63) is 43.0 Å². The number of rotatable bonds is 7. The van der Waals surface area contributed by atoms with E-state index in [0.29, 0.717) is 5.75 Å². The summed E-state index contributed by atoms with van der Waals surface area (Å²) in [5.41, 5.74) is 0. The second-order valence-electron chi connectivity index (χ2n) is 3.48. The van der Waals surface area contributed by atoms with Crippen LogP contribution in [0.5, 0.6) is 5.75 Å². The molecule has 0 saturated carbocycles. The Kier molecular flexibility index (Phi) is 6.52. The molecule has 1 rings (SSSR count). The van der Waals surface area contributed by atoms with Crippen LogP contribution in [0.3, 0.4) is 0 Å². The van der Waals surface area contributed by atoms with Crippen molar-refractivity contribution in [3.63, 3.8) is 0 Å². The van der Waals surface area contributed by atoms with Crippen molar-refractivity contribution in [2.24, 2.45) is 0 Å². The van der Waals surface area contributed by atoms with Gasteiger partial charge in [-0.2, -0.15) is 0 Å². The average molecular weight is 320 g/mol. The van der Waals surface area contributed by atoms with Crippen LogP contribution in [0.25, 0.3) is 0 Å². The summed E-state index contributed by atoms with van der Waals surface area (Å²) >= 11 is 11.3. The fourth-order valence-electron chi connectivity index (χ4n) is 1.24. The molecule has 1 aromatic rings. The fraction of sp³-hybridized carbons (Fsp3) is 0.250. The lowest BCUT2D eigenvalue weighted by molar-refractivity contribution is -0.143. The number of ether oxygens (including phenoxy) is 1. The average Bonchev–Trinajstić information content (AvgIpc) is 2.37. The Bertz CT molecular complexity index is 483. The molecule has 0 radical (unpaired) electrons. The number of nitrogens with one attached hydrogen (secondary N) is 1. The van der Waals surface area contributed by atoms with Crippen molar-refractivity contribution in [2.75, 3.05) is 6.61 Å². The molecule has 7 heteroatoms. The van der Waals surface area contributed by atoms with Gasteiger partial charge in [-0.15, -0.1) is 6.58 Å². The Labute approximate surface area is 122 Å². The molecular formula is C12H15ClNO3PS. The Morgan fingerprint density at radius 1 is 1.58 bits per heavy atom. The van der Waals surface area contributed by atoms with E-state index in [-0.39, 0.29) is 6.61 Å². The third-order valence-electron chi connectivity index (χ3n) is 2.04. The molecule has 1 unspecified atom stereocenters. The summed E-state index contributed by atoms with van der Waals surface area (Å²) in [6.07, 6.45) is 1.38. The van der Waals surface area contributed by atoms with E-state index in [1.54, 1.807) is 31.2 Å². The summed E-state index contributed by atoms with van der Waals surface area (Å²) in [7, 11) is 0. The molecule has 0 fully saturated rings. The van der Waals surface area contributed by atoms with E-state index in [0.717, 1.165) is 0 Å². The van der Waals surface area contributed by atoms with Crippen LogP contribution < -0.4 is 9.61 Å². The van der Waals surface area contributed by atoms with Gasteiger partial charge in [-0.3, -0.25) is 0 Å². The number of benzene rings is 1. The molecule has 0 aliphatic rings. The van der Waals surface area contributed by atoms with E-state index >= 15 is 0 Å². The highest BCUT2D eigenvalue weighted by atomic mass is 35.7. The molecule has 4 nitrogen and oxygen atoms in total. The standard InChI is InChI=1S/C12H15ClNO3PS/c1-3-11(12(15)16-4-2)14-18(13,19)17-10-8-6-5-7-9-10/h3,5-9,11H,1,4H2,2H3,(H,14,19)/t11-,18?/m0/s1. The predicted octanol–water partition coefficient (Wildman–Crippen LogP) is 3.24. The van der Waals surface area contributed by atoms with Gasteiger partial charge in [0.25, 0.3) is 5.77 Å². The first-order chi connectivity index (χ1) is 8.98. The molecular weight excluding hydrogens is 305 g/mol. The SMILES string of the molecule is C=C[C@H](NP(=S)(Cl)Oc1ccccc1)C(=O)OCC. The minimum atomic E-state index is -2.88. The van der Waals surface area contributed by atoms with Crippen molar-refractivity contribution >= 4 is 34.8 Å². The first-order valence-electron chi connectivity index (χ1n) is 5.60. The first kappa shape index (κ1) is 16.2. The zero-order chi connectivity index (χ0) is 14.3. The topological polar surface area (TPSA) is 47.6 Å². The highest BCUT2D eigenvalue weighted by Crippen LogP contribution is 2.49. The second-order valence-corrected chi connectivity index (χ2v) is 8.45. The third-order valence-corrected chi connectivity index (χ3v) is 4.11. The number of halogens is 1. The van der Waals surface area contributed by atoms with Gasteiger partial charge in [0.2, 0.25) is 0 Å². The molecule has 1 aromatic carbocycles. The monoisotopic (exact) mass is 319 g/mol. The van der Waals surface area contributed by atoms with Crippen molar-refractivity contribution in [1.82, 2.24) is 5.09 Å². The summed E-state index contributed by atoms with van der Waals surface area (Å²) in [6.45, 7) is 5.54. The lowest BCUT2D eigenvalue weighted by Crippen LogP contribution is -2.34. The van der Waals surface area contributed by atoms with E-state index < -0.39 is 17.8 Å². The van der Waals surface area contributed by atoms with E-state index in [1.807, 2.05) is 6.07 Å². The van der Waals surface area contributed by atoms with Gasteiger partial charge >= 0.3 is 5.97 Å². The molecule has 0 saturated heterocycles. The van der Waals surface area contributed by atoms with Gasteiger partial charge in [-0.05, 0) is 42.1 Å². The molecule has 0 bridgehead atoms. The smallest absolute Gasteiger partial charge is 0.327 e. The molecule has 2 atom stereocenters. The van der Waals surface area contributed by atoms with Crippen LogP contribution in [-0.4, -0.2) is 18.6 Å². The Morgan fingerprint density at radius 3 is 2.74 bits per heavy atom. The van der Waals surface area contributed by atoms with Crippen LogP contribution in [0.2, 0.25) is 0 Å². The van der Waals surface area contributed by atoms with Crippen LogP contribution in [-0.2, 0) is 21.3 Å². The van der Waals surface area contributed by atoms with E-state index in [9.17, 15) is 4.79 Å². The van der Waals surface area contributed by atoms with Crippen molar-refractivity contribution in [3.8, 4) is 5.75 Å². The molecule has 1 N–H and O–H groups in total. The summed E-state index contributed by atoms with van der Waals surface area (Å²) in [6, 6.07) is 8.14. The zero-order valence-electron chi connectivity index (χ0n) is 10.4. The van der Waals surface area contributed by atoms with Gasteiger partial charge in [0.15, 0.2) is 0 Å². The van der Waals surface area contributed by atoms with Gasteiger partial charge in [0, 0.05) is 0 Å². The number of para-hydroxylation sites is 1. The molecule has 0 aromatic heterocycles. The quantitative estimate of drug-likeness (QED) is 0.475. The van der Waals surface area contributed by atoms with E-state index in [1.165, 1.54) is 6.08 Å². The maximum absolute atomic E-state index is 11.6. The summed E-state index contributed by atoms with van der Waals surface area (Å²) in [5.74, 6) is -2.82. The molecule has 104 valence electrons. The van der Waals surface area contributed by atoms with Gasteiger partial charge in [0.1, 0.15) is 11.8 Å². The van der Waals surface area contributed by atoms with Crippen molar-refractivity contribution in [1.29, 1.82) is 0 Å². The van der Waals surface area contributed by atoms with Crippen LogP contribution in [0, 0.1) is 0 Å². The maximum atomic E-state index is 11.6. The summed E-state index contributed by atoms with van der Waals surface area (Å²) in [5, 5.41) is 2.75. The van der Waals surface area contributed by atoms with E-state index in [4.69, 9.17) is 32.3 Å². The van der Waals surface area contributed by atoms with Gasteiger partial charge in [0.05, 0.1) is 6.61 Å². The summed E-state index contributed by atoms with van der Waals surface area (Å²) in [4.78, 5) is 11.6. The van der Waals surface area contributed by atoms with Gasteiger partial charge in [-0.25, -0.2) is 9.88 Å². The number of carbonyl (C=O) groups is 1. The molecule has 19 heavy (non-hydrogen) atoms. The first-order valence-corrected chi connectivity index (χ1v) is 9.22. The molecule has 0 aliphatic carbocycles. The maximum Gasteiger partial charge on any atom is 0.327 e. The van der Waals surface area contributed by atoms with Crippen LogP contribution in [0.1, 0.15) is 6.92 Å². The second kappa shape index (κ2) is 7.65. The minimum absolute atomic E-state index is 0.273. The van der Waals surface area contributed by atoms with Crippen molar-refractivity contribution < 1.29 is 14.1 Å².